The first-order valence-electron chi connectivity index (χ1n) is 11.8. The smallest absolute Gasteiger partial charge is 0.258 e. The van der Waals surface area contributed by atoms with Crippen molar-refractivity contribution in [3.8, 4) is 11.6 Å². The van der Waals surface area contributed by atoms with Crippen LogP contribution in [0.1, 0.15) is 48.0 Å². The van der Waals surface area contributed by atoms with Crippen molar-refractivity contribution in [3.63, 3.8) is 0 Å². The first kappa shape index (κ1) is 22.1. The summed E-state index contributed by atoms with van der Waals surface area (Å²) < 4.78 is 7.12. The number of ether oxygens (including phenoxy) is 1. The van der Waals surface area contributed by atoms with E-state index in [0.29, 0.717) is 36.0 Å². The van der Waals surface area contributed by atoms with E-state index in [2.05, 4.69) is 15.4 Å². The molecule has 1 saturated carbocycles. The molecule has 8 nitrogen and oxygen atoms in total. The third-order valence-electron chi connectivity index (χ3n) is 6.98. The van der Waals surface area contributed by atoms with Gasteiger partial charge < -0.3 is 15.0 Å². The van der Waals surface area contributed by atoms with Crippen LogP contribution in [0, 0.1) is 5.92 Å². The van der Waals surface area contributed by atoms with E-state index in [1.54, 1.807) is 36.3 Å². The highest BCUT2D eigenvalue weighted by Crippen LogP contribution is 2.41. The predicted octanol–water partition coefficient (Wildman–Crippen LogP) is 3.37. The van der Waals surface area contributed by atoms with Crippen molar-refractivity contribution in [1.82, 2.24) is 25.0 Å². The van der Waals surface area contributed by atoms with Crippen LogP contribution in [0.4, 0.5) is 0 Å². The molecule has 3 aromatic rings. The maximum atomic E-state index is 13.7. The van der Waals surface area contributed by atoms with Gasteiger partial charge in [-0.3, -0.25) is 9.59 Å². The van der Waals surface area contributed by atoms with Crippen molar-refractivity contribution in [3.05, 3.63) is 72.2 Å². The van der Waals surface area contributed by atoms with Crippen LogP contribution in [0.15, 0.2) is 61.1 Å². The van der Waals surface area contributed by atoms with Crippen molar-refractivity contribution >= 4 is 11.8 Å². The molecule has 1 N–H and O–H groups in total. The highest BCUT2D eigenvalue weighted by molar-refractivity contribution is 6.00. The Labute approximate surface area is 198 Å². The van der Waals surface area contributed by atoms with Crippen LogP contribution in [0.3, 0.4) is 0 Å². The Hall–Kier alpha value is -3.68. The summed E-state index contributed by atoms with van der Waals surface area (Å²) in [4.78, 5) is 33.3. The summed E-state index contributed by atoms with van der Waals surface area (Å²) in [6, 6.07) is 12.5. The van der Waals surface area contributed by atoms with Crippen molar-refractivity contribution in [2.75, 3.05) is 7.11 Å². The Kier molecular flexibility index (Phi) is 6.29. The molecule has 1 aliphatic carbocycles. The SMILES string of the molecule is COc1ccccc1C(=O)N1C(C(=O)NCc2ccc(-n3cccn3)nc2)CC2CCCCC21. The number of aromatic nitrogens is 3. The molecule has 0 spiro atoms. The van der Waals surface area contributed by atoms with Crippen molar-refractivity contribution in [1.29, 1.82) is 0 Å². The number of methoxy groups -OCH3 is 1. The minimum Gasteiger partial charge on any atom is -0.496 e. The number of benzene rings is 1. The van der Waals surface area contributed by atoms with E-state index < -0.39 is 6.04 Å². The summed E-state index contributed by atoms with van der Waals surface area (Å²) >= 11 is 0. The number of pyridine rings is 1. The van der Waals surface area contributed by atoms with E-state index in [0.717, 1.165) is 31.2 Å². The van der Waals surface area contributed by atoms with Crippen LogP contribution >= 0.6 is 0 Å². The largest absolute Gasteiger partial charge is 0.496 e. The third kappa shape index (κ3) is 4.27. The number of hydrogen-bond acceptors (Lipinski definition) is 5. The average molecular weight is 460 g/mol. The van der Waals surface area contributed by atoms with Gasteiger partial charge in [0.15, 0.2) is 5.82 Å². The van der Waals surface area contributed by atoms with Crippen LogP contribution in [0.25, 0.3) is 5.82 Å². The minimum atomic E-state index is -0.484. The Bertz CT molecular complexity index is 1150. The van der Waals surface area contributed by atoms with E-state index in [1.807, 2.05) is 41.4 Å². The summed E-state index contributed by atoms with van der Waals surface area (Å²) in [6.45, 7) is 0.355. The zero-order valence-corrected chi connectivity index (χ0v) is 19.3. The van der Waals surface area contributed by atoms with E-state index in [4.69, 9.17) is 4.74 Å². The molecule has 1 saturated heterocycles. The molecular weight excluding hydrogens is 430 g/mol. The maximum Gasteiger partial charge on any atom is 0.258 e. The number of fused-ring (bicyclic) bond motifs is 1. The fourth-order valence-corrected chi connectivity index (χ4v) is 5.31. The van der Waals surface area contributed by atoms with E-state index in [9.17, 15) is 9.59 Å². The maximum absolute atomic E-state index is 13.7. The van der Waals surface area contributed by atoms with Crippen molar-refractivity contribution < 1.29 is 14.3 Å². The van der Waals surface area contributed by atoms with Gasteiger partial charge in [-0.1, -0.05) is 31.0 Å². The normalized spacial score (nSPS) is 21.7. The van der Waals surface area contributed by atoms with Gasteiger partial charge in [0.05, 0.1) is 12.7 Å². The van der Waals surface area contributed by atoms with Crippen molar-refractivity contribution in [2.24, 2.45) is 5.92 Å². The lowest BCUT2D eigenvalue weighted by Gasteiger charge is -2.34. The number of likely N-dealkylation sites (tertiary alicyclic amines) is 1. The Morgan fingerprint density at radius 1 is 1.12 bits per heavy atom. The molecule has 1 aliphatic heterocycles. The molecule has 2 aromatic heterocycles. The van der Waals surface area contributed by atoms with Gasteiger partial charge in [-0.15, -0.1) is 0 Å². The van der Waals surface area contributed by atoms with E-state index in [-0.39, 0.29) is 17.9 Å². The molecule has 2 aliphatic rings. The lowest BCUT2D eigenvalue weighted by Crippen LogP contribution is -2.49. The molecule has 5 rings (SSSR count). The first-order valence-corrected chi connectivity index (χ1v) is 11.8. The third-order valence-corrected chi connectivity index (χ3v) is 6.98. The molecule has 3 unspecified atom stereocenters. The van der Waals surface area contributed by atoms with Crippen LogP contribution in [0.5, 0.6) is 5.75 Å². The monoisotopic (exact) mass is 459 g/mol. The lowest BCUT2D eigenvalue weighted by atomic mass is 9.84. The summed E-state index contributed by atoms with van der Waals surface area (Å²) in [5, 5.41) is 7.22. The van der Waals surface area contributed by atoms with Crippen LogP contribution in [-0.4, -0.2) is 50.7 Å². The van der Waals surface area contributed by atoms with Gasteiger partial charge in [0.2, 0.25) is 5.91 Å². The second-order valence-electron chi connectivity index (χ2n) is 8.97. The molecule has 0 radical (unpaired) electrons. The molecule has 2 fully saturated rings. The quantitative estimate of drug-likeness (QED) is 0.611. The standard InChI is InChI=1S/C26H29N5O3/c1-34-23-10-5-3-8-20(23)26(33)31-21-9-4-2-7-19(21)15-22(31)25(32)28-17-18-11-12-24(27-16-18)30-14-6-13-29-30/h3,5-6,8,10-14,16,19,21-22H,2,4,7,9,15,17H2,1H3,(H,28,32). The number of carbonyl (C=O) groups excluding carboxylic acids is 2. The van der Waals surface area contributed by atoms with E-state index in [1.165, 1.54) is 0 Å². The lowest BCUT2D eigenvalue weighted by molar-refractivity contribution is -0.125. The summed E-state index contributed by atoms with van der Waals surface area (Å²) in [5.41, 5.74) is 1.40. The summed E-state index contributed by atoms with van der Waals surface area (Å²) in [6.07, 6.45) is 10.2. The van der Waals surface area contributed by atoms with Gasteiger partial charge in [-0.25, -0.2) is 9.67 Å². The second kappa shape index (κ2) is 9.67. The van der Waals surface area contributed by atoms with Gasteiger partial charge in [0.1, 0.15) is 11.8 Å². The van der Waals surface area contributed by atoms with Crippen LogP contribution in [0.2, 0.25) is 0 Å². The molecule has 1 aromatic carbocycles. The predicted molar refractivity (Wildman–Crippen MR) is 127 cm³/mol. The van der Waals surface area contributed by atoms with Crippen LogP contribution in [-0.2, 0) is 11.3 Å². The Morgan fingerprint density at radius 3 is 2.74 bits per heavy atom. The van der Waals surface area contributed by atoms with Crippen LogP contribution < -0.4 is 10.1 Å². The minimum absolute atomic E-state index is 0.0944. The molecule has 3 heterocycles. The van der Waals surface area contributed by atoms with Gasteiger partial charge >= 0.3 is 0 Å². The molecule has 2 amide bonds. The first-order chi connectivity index (χ1) is 16.7. The fourth-order valence-electron chi connectivity index (χ4n) is 5.31. The molecule has 176 valence electrons. The number of amides is 2. The Morgan fingerprint density at radius 2 is 1.97 bits per heavy atom. The Balaban J connectivity index is 1.32. The number of nitrogens with one attached hydrogen (secondary N) is 1. The fraction of sp³-hybridized carbons (Fsp3) is 0.385. The summed E-state index contributed by atoms with van der Waals surface area (Å²) in [7, 11) is 1.56. The highest BCUT2D eigenvalue weighted by Gasteiger charge is 2.47. The number of rotatable bonds is 6. The molecule has 0 bridgehead atoms. The highest BCUT2D eigenvalue weighted by atomic mass is 16.5. The molecule has 34 heavy (non-hydrogen) atoms. The molecular formula is C26H29N5O3. The zero-order chi connectivity index (χ0) is 23.5. The topological polar surface area (TPSA) is 89.4 Å². The zero-order valence-electron chi connectivity index (χ0n) is 19.3. The van der Waals surface area contributed by atoms with Gasteiger partial charge in [-0.05, 0) is 55.0 Å². The van der Waals surface area contributed by atoms with Gasteiger partial charge in [0.25, 0.3) is 5.91 Å². The molecule has 8 heteroatoms. The number of para-hydroxylation sites is 1. The average Bonchev–Trinajstić information content (AvgIpc) is 3.56. The second-order valence-corrected chi connectivity index (χ2v) is 8.97. The van der Waals surface area contributed by atoms with Crippen molar-refractivity contribution in [2.45, 2.75) is 50.7 Å². The van der Waals surface area contributed by atoms with Gasteiger partial charge in [-0.2, -0.15) is 5.10 Å². The van der Waals surface area contributed by atoms with Gasteiger partial charge in [0, 0.05) is 31.2 Å². The number of carbonyl (C=O) groups is 2. The molecule has 3 atom stereocenters. The summed E-state index contributed by atoms with van der Waals surface area (Å²) in [5.74, 6) is 1.37. The number of nitrogens with zero attached hydrogens (tertiary/aromatic N) is 4. The number of hydrogen-bond donors (Lipinski definition) is 1. The van der Waals surface area contributed by atoms with E-state index >= 15 is 0 Å².